The molecule has 98 valence electrons. The molecule has 0 aliphatic carbocycles. The molecular formula is C12H15FN2O2S. The molecule has 4 nitrogen and oxygen atoms in total. The number of hydrogen-bond acceptors (Lipinski definition) is 3. The molecule has 0 fully saturated rings. The van der Waals surface area contributed by atoms with E-state index in [4.69, 9.17) is 22.7 Å². The second-order valence-electron chi connectivity index (χ2n) is 3.90. The highest BCUT2D eigenvalue weighted by atomic mass is 32.1. The van der Waals surface area contributed by atoms with E-state index in [9.17, 15) is 9.18 Å². The first-order chi connectivity index (χ1) is 8.41. The summed E-state index contributed by atoms with van der Waals surface area (Å²) in [6.07, 6.45) is 0.198. The average molecular weight is 270 g/mol. The number of nitrogens with zero attached hydrogens (tertiary/aromatic N) is 1. The van der Waals surface area contributed by atoms with Gasteiger partial charge in [-0.25, -0.2) is 4.39 Å². The van der Waals surface area contributed by atoms with Crippen molar-refractivity contribution in [3.63, 3.8) is 0 Å². The van der Waals surface area contributed by atoms with Gasteiger partial charge in [-0.15, -0.1) is 0 Å². The van der Waals surface area contributed by atoms with E-state index in [1.807, 2.05) is 0 Å². The molecule has 1 aromatic rings. The summed E-state index contributed by atoms with van der Waals surface area (Å²) in [7, 11) is 3.31. The summed E-state index contributed by atoms with van der Waals surface area (Å²) in [6.45, 7) is 0.125. The topological polar surface area (TPSA) is 55.6 Å². The molecule has 0 saturated carbocycles. The van der Waals surface area contributed by atoms with Crippen molar-refractivity contribution < 1.29 is 13.9 Å². The van der Waals surface area contributed by atoms with Crippen molar-refractivity contribution in [2.75, 3.05) is 20.7 Å². The van der Waals surface area contributed by atoms with E-state index in [1.54, 1.807) is 20.2 Å². The molecule has 0 bridgehead atoms. The van der Waals surface area contributed by atoms with Crippen LogP contribution in [0.1, 0.15) is 12.0 Å². The normalized spacial score (nSPS) is 9.94. The standard InChI is InChI=1S/C12H15FN2O2S/c1-15(2)11(16)5-6-17-10-4-3-8(12(14)18)7-9(10)13/h3-4,7H,5-6H2,1-2H3,(H2,14,18). The summed E-state index contributed by atoms with van der Waals surface area (Å²) in [5.74, 6) is -0.533. The zero-order chi connectivity index (χ0) is 13.7. The van der Waals surface area contributed by atoms with E-state index in [1.165, 1.54) is 17.0 Å². The van der Waals surface area contributed by atoms with Gasteiger partial charge in [-0.2, -0.15) is 0 Å². The summed E-state index contributed by atoms with van der Waals surface area (Å²) in [4.78, 5) is 12.9. The van der Waals surface area contributed by atoms with Gasteiger partial charge in [0.25, 0.3) is 0 Å². The average Bonchev–Trinajstić information content (AvgIpc) is 2.30. The van der Waals surface area contributed by atoms with Gasteiger partial charge in [0.05, 0.1) is 13.0 Å². The van der Waals surface area contributed by atoms with Crippen molar-refractivity contribution in [2.24, 2.45) is 5.73 Å². The molecule has 0 aliphatic heterocycles. The lowest BCUT2D eigenvalue weighted by molar-refractivity contribution is -0.129. The van der Waals surface area contributed by atoms with Gasteiger partial charge in [0.2, 0.25) is 5.91 Å². The number of nitrogens with two attached hydrogens (primary N) is 1. The summed E-state index contributed by atoms with van der Waals surface area (Å²) in [5.41, 5.74) is 5.82. The van der Waals surface area contributed by atoms with Crippen LogP contribution in [0.2, 0.25) is 0 Å². The van der Waals surface area contributed by atoms with Crippen LogP contribution < -0.4 is 10.5 Å². The largest absolute Gasteiger partial charge is 0.490 e. The van der Waals surface area contributed by atoms with E-state index in [0.29, 0.717) is 5.56 Å². The monoisotopic (exact) mass is 270 g/mol. The zero-order valence-corrected chi connectivity index (χ0v) is 11.1. The first kappa shape index (κ1) is 14.4. The van der Waals surface area contributed by atoms with Crippen molar-refractivity contribution in [2.45, 2.75) is 6.42 Å². The third-order valence-corrected chi connectivity index (χ3v) is 2.52. The Morgan fingerprint density at radius 3 is 2.67 bits per heavy atom. The van der Waals surface area contributed by atoms with Crippen LogP contribution >= 0.6 is 12.2 Å². The molecule has 0 aromatic heterocycles. The number of amides is 1. The van der Waals surface area contributed by atoms with Crippen LogP contribution in [-0.4, -0.2) is 36.5 Å². The van der Waals surface area contributed by atoms with Crippen LogP contribution in [0.4, 0.5) is 4.39 Å². The molecule has 1 aromatic carbocycles. The number of ether oxygens (including phenoxy) is 1. The maximum absolute atomic E-state index is 13.6. The van der Waals surface area contributed by atoms with Crippen LogP contribution in [0, 0.1) is 5.82 Å². The summed E-state index contributed by atoms with van der Waals surface area (Å²) in [6, 6.07) is 4.24. The van der Waals surface area contributed by atoms with Gasteiger partial charge < -0.3 is 15.4 Å². The quantitative estimate of drug-likeness (QED) is 0.820. The first-order valence-electron chi connectivity index (χ1n) is 5.34. The summed E-state index contributed by atoms with van der Waals surface area (Å²) < 4.78 is 18.7. The lowest BCUT2D eigenvalue weighted by Gasteiger charge is -2.11. The van der Waals surface area contributed by atoms with Crippen molar-refractivity contribution in [3.8, 4) is 5.75 Å². The lowest BCUT2D eigenvalue weighted by Crippen LogP contribution is -2.23. The molecule has 6 heteroatoms. The molecule has 1 amide bonds. The van der Waals surface area contributed by atoms with Crippen LogP contribution in [0.3, 0.4) is 0 Å². The second kappa shape index (κ2) is 6.30. The fraction of sp³-hybridized carbons (Fsp3) is 0.333. The van der Waals surface area contributed by atoms with Crippen molar-refractivity contribution in [3.05, 3.63) is 29.6 Å². The Kier molecular flexibility index (Phi) is 5.03. The third-order valence-electron chi connectivity index (χ3n) is 2.29. The highest BCUT2D eigenvalue weighted by Gasteiger charge is 2.08. The smallest absolute Gasteiger partial charge is 0.225 e. The Labute approximate surface area is 111 Å². The maximum atomic E-state index is 13.6. The zero-order valence-electron chi connectivity index (χ0n) is 10.3. The second-order valence-corrected chi connectivity index (χ2v) is 4.34. The molecule has 0 saturated heterocycles. The van der Waals surface area contributed by atoms with Crippen molar-refractivity contribution in [1.29, 1.82) is 0 Å². The molecule has 0 heterocycles. The van der Waals surface area contributed by atoms with Crippen molar-refractivity contribution in [1.82, 2.24) is 4.90 Å². The molecule has 1 rings (SSSR count). The van der Waals surface area contributed by atoms with Gasteiger partial charge >= 0.3 is 0 Å². The van der Waals surface area contributed by atoms with E-state index < -0.39 is 5.82 Å². The number of thiocarbonyl (C=S) groups is 1. The molecular weight excluding hydrogens is 255 g/mol. The van der Waals surface area contributed by atoms with E-state index in [2.05, 4.69) is 0 Å². The predicted molar refractivity (Wildman–Crippen MR) is 71.1 cm³/mol. The Balaban J connectivity index is 2.58. The first-order valence-corrected chi connectivity index (χ1v) is 5.75. The number of rotatable bonds is 5. The van der Waals surface area contributed by atoms with Gasteiger partial charge in [-0.1, -0.05) is 12.2 Å². The van der Waals surface area contributed by atoms with Gasteiger partial charge in [-0.3, -0.25) is 4.79 Å². The fourth-order valence-corrected chi connectivity index (χ4v) is 1.37. The van der Waals surface area contributed by atoms with Crippen LogP contribution in [0.25, 0.3) is 0 Å². The number of benzene rings is 1. The molecule has 0 radical (unpaired) electrons. The molecule has 0 aliphatic rings. The molecule has 0 spiro atoms. The fourth-order valence-electron chi connectivity index (χ4n) is 1.24. The van der Waals surface area contributed by atoms with E-state index in [-0.39, 0.29) is 29.7 Å². The van der Waals surface area contributed by atoms with Gasteiger partial charge in [0.15, 0.2) is 11.6 Å². The molecule has 18 heavy (non-hydrogen) atoms. The number of halogens is 1. The number of hydrogen-bond donors (Lipinski definition) is 1. The van der Waals surface area contributed by atoms with Gasteiger partial charge in [0, 0.05) is 19.7 Å². The predicted octanol–water partition coefficient (Wildman–Crippen LogP) is 1.32. The van der Waals surface area contributed by atoms with E-state index in [0.717, 1.165) is 0 Å². The Morgan fingerprint density at radius 1 is 1.50 bits per heavy atom. The Bertz CT molecular complexity index is 463. The third kappa shape index (κ3) is 3.96. The van der Waals surface area contributed by atoms with Crippen LogP contribution in [-0.2, 0) is 4.79 Å². The highest BCUT2D eigenvalue weighted by Crippen LogP contribution is 2.18. The SMILES string of the molecule is CN(C)C(=O)CCOc1ccc(C(N)=S)cc1F. The Morgan fingerprint density at radius 2 is 2.17 bits per heavy atom. The van der Waals surface area contributed by atoms with Gasteiger partial charge in [-0.05, 0) is 18.2 Å². The highest BCUT2D eigenvalue weighted by molar-refractivity contribution is 7.80. The minimum Gasteiger partial charge on any atom is -0.490 e. The number of carbonyl (C=O) groups is 1. The van der Waals surface area contributed by atoms with Crippen molar-refractivity contribution >= 4 is 23.1 Å². The van der Waals surface area contributed by atoms with Crippen LogP contribution in [0.15, 0.2) is 18.2 Å². The molecule has 0 atom stereocenters. The molecule has 2 N–H and O–H groups in total. The minimum absolute atomic E-state index is 0.0739. The molecule has 0 unspecified atom stereocenters. The van der Waals surface area contributed by atoms with Crippen LogP contribution in [0.5, 0.6) is 5.75 Å². The summed E-state index contributed by atoms with van der Waals surface area (Å²) in [5, 5.41) is 0. The van der Waals surface area contributed by atoms with Gasteiger partial charge in [0.1, 0.15) is 4.99 Å². The summed E-state index contributed by atoms with van der Waals surface area (Å²) >= 11 is 4.74. The maximum Gasteiger partial charge on any atom is 0.225 e. The lowest BCUT2D eigenvalue weighted by atomic mass is 10.2. The minimum atomic E-state index is -0.544. The number of carbonyl (C=O) groups excluding carboxylic acids is 1. The van der Waals surface area contributed by atoms with E-state index >= 15 is 0 Å². The Hall–Kier alpha value is -1.69.